The number of hydrazone groups is 1. The van der Waals surface area contributed by atoms with Gasteiger partial charge in [0.1, 0.15) is 5.70 Å². The summed E-state index contributed by atoms with van der Waals surface area (Å²) in [5.41, 5.74) is 0.553. The minimum atomic E-state index is -0.319. The van der Waals surface area contributed by atoms with Gasteiger partial charge in [-0.3, -0.25) is 15.1 Å². The maximum absolute atomic E-state index is 13.0. The van der Waals surface area contributed by atoms with Gasteiger partial charge >= 0.3 is 0 Å². The number of aryl methyl sites for hydroxylation is 1. The average molecular weight is 463 g/mol. The third-order valence-corrected chi connectivity index (χ3v) is 6.81. The van der Waals surface area contributed by atoms with Crippen LogP contribution in [-0.4, -0.2) is 21.8 Å². The number of hydrogen-bond acceptors (Lipinski definition) is 6. The highest BCUT2D eigenvalue weighted by Gasteiger charge is 2.35. The number of rotatable bonds is 4. The zero-order valence-corrected chi connectivity index (χ0v) is 18.2. The molecule has 140 valence electrons. The highest BCUT2D eigenvalue weighted by molar-refractivity contribution is 9.10. The van der Waals surface area contributed by atoms with Gasteiger partial charge in [-0.25, -0.2) is 5.01 Å². The number of amides is 1. The molecule has 27 heavy (non-hydrogen) atoms. The molecule has 2 aliphatic rings. The van der Waals surface area contributed by atoms with Crippen molar-refractivity contribution in [3.63, 3.8) is 0 Å². The Morgan fingerprint density at radius 2 is 2.19 bits per heavy atom. The summed E-state index contributed by atoms with van der Waals surface area (Å²) in [4.78, 5) is 20.2. The average Bonchev–Trinajstić information content (AvgIpc) is 3.07. The summed E-state index contributed by atoms with van der Waals surface area (Å²) in [5.74, 6) is 0.803. The fourth-order valence-corrected chi connectivity index (χ4v) is 5.21. The molecule has 0 saturated heterocycles. The van der Waals surface area contributed by atoms with Gasteiger partial charge < -0.3 is 0 Å². The van der Waals surface area contributed by atoms with Crippen molar-refractivity contribution < 1.29 is 4.79 Å². The maximum Gasteiger partial charge on any atom is 0.276 e. The van der Waals surface area contributed by atoms with Gasteiger partial charge in [0, 0.05) is 20.3 Å². The highest BCUT2D eigenvalue weighted by atomic mass is 79.9. The molecule has 1 N–H and O–H groups in total. The molecule has 2 aliphatic heterocycles. The topological polar surface area (TPSA) is 57.1 Å². The van der Waals surface area contributed by atoms with Crippen molar-refractivity contribution in [2.24, 2.45) is 10.1 Å². The van der Waals surface area contributed by atoms with Crippen molar-refractivity contribution in [1.29, 1.82) is 0 Å². The molecule has 0 spiro atoms. The lowest BCUT2D eigenvalue weighted by molar-refractivity contribution is -0.116. The van der Waals surface area contributed by atoms with Gasteiger partial charge in [-0.1, -0.05) is 41.0 Å². The van der Waals surface area contributed by atoms with Crippen molar-refractivity contribution in [3.05, 3.63) is 55.1 Å². The van der Waals surface area contributed by atoms with Crippen LogP contribution in [0.3, 0.4) is 0 Å². The SMILES string of the molecule is CCCCSC1=NN2C(=c3cc(Br)ccc3=N[C@H]2c2ccc(C)s2)C(=O)N1. The number of unbranched alkanes of at least 4 members (excludes halogenated alkanes) is 1. The lowest BCUT2D eigenvalue weighted by atomic mass is 10.1. The number of carbonyl (C=O) groups is 1. The van der Waals surface area contributed by atoms with E-state index in [9.17, 15) is 4.79 Å². The van der Waals surface area contributed by atoms with E-state index in [2.05, 4.69) is 47.2 Å². The first kappa shape index (κ1) is 18.7. The Hall–Kier alpha value is -1.64. The molecule has 3 heterocycles. The molecular formula is C19H19BrN4OS2. The van der Waals surface area contributed by atoms with Crippen LogP contribution in [0.15, 0.2) is 44.9 Å². The number of halogens is 1. The van der Waals surface area contributed by atoms with Crippen molar-refractivity contribution in [1.82, 2.24) is 10.3 Å². The summed E-state index contributed by atoms with van der Waals surface area (Å²) < 4.78 is 0.911. The number of nitrogens with zero attached hydrogens (tertiary/aromatic N) is 3. The predicted octanol–water partition coefficient (Wildman–Crippen LogP) is 3.50. The first-order chi connectivity index (χ1) is 13.1. The molecule has 1 aromatic heterocycles. The van der Waals surface area contributed by atoms with Gasteiger partial charge in [0.15, 0.2) is 11.3 Å². The quantitative estimate of drug-likeness (QED) is 0.707. The van der Waals surface area contributed by atoms with E-state index < -0.39 is 0 Å². The van der Waals surface area contributed by atoms with E-state index in [0.717, 1.165) is 38.5 Å². The van der Waals surface area contributed by atoms with Crippen LogP contribution in [0.5, 0.6) is 0 Å². The molecule has 0 bridgehead atoms. The van der Waals surface area contributed by atoms with Gasteiger partial charge in [0.05, 0.1) is 10.2 Å². The third-order valence-electron chi connectivity index (χ3n) is 4.32. The van der Waals surface area contributed by atoms with E-state index in [4.69, 9.17) is 10.1 Å². The Morgan fingerprint density at radius 3 is 2.93 bits per heavy atom. The Bertz CT molecular complexity index is 1050. The number of nitrogens with one attached hydrogen (secondary N) is 1. The van der Waals surface area contributed by atoms with Crippen molar-refractivity contribution in [2.75, 3.05) is 5.75 Å². The minimum absolute atomic E-state index is 0.128. The number of hydrogen-bond donors (Lipinski definition) is 1. The maximum atomic E-state index is 13.0. The smallest absolute Gasteiger partial charge is 0.276 e. The molecule has 5 nitrogen and oxygen atoms in total. The van der Waals surface area contributed by atoms with E-state index in [-0.39, 0.29) is 12.1 Å². The van der Waals surface area contributed by atoms with Crippen LogP contribution >= 0.6 is 39.0 Å². The minimum Gasteiger partial charge on any atom is -0.298 e. The third kappa shape index (κ3) is 3.70. The van der Waals surface area contributed by atoms with Gasteiger partial charge in [0.25, 0.3) is 5.91 Å². The number of benzene rings is 1. The second-order valence-corrected chi connectivity index (χ2v) is 9.69. The summed E-state index contributed by atoms with van der Waals surface area (Å²) in [6.45, 7) is 4.23. The zero-order chi connectivity index (χ0) is 19.0. The van der Waals surface area contributed by atoms with Crippen LogP contribution in [0.4, 0.5) is 0 Å². The van der Waals surface area contributed by atoms with Crippen molar-refractivity contribution in [2.45, 2.75) is 32.9 Å². The number of thiophene rings is 1. The second kappa shape index (κ2) is 7.77. The Morgan fingerprint density at radius 1 is 1.33 bits per heavy atom. The van der Waals surface area contributed by atoms with Crippen molar-refractivity contribution >= 4 is 55.8 Å². The molecule has 0 aliphatic carbocycles. The van der Waals surface area contributed by atoms with Gasteiger partial charge in [-0.15, -0.1) is 16.4 Å². The molecule has 1 amide bonds. The number of amidine groups is 1. The molecule has 2 aromatic rings. The molecule has 0 unspecified atom stereocenters. The fraction of sp³-hybridized carbons (Fsp3) is 0.316. The van der Waals surface area contributed by atoms with Gasteiger partial charge in [0.2, 0.25) is 0 Å². The van der Waals surface area contributed by atoms with E-state index in [1.165, 1.54) is 4.88 Å². The number of thioether (sulfide) groups is 1. The lowest BCUT2D eigenvalue weighted by Gasteiger charge is -2.33. The van der Waals surface area contributed by atoms with E-state index in [1.54, 1.807) is 28.1 Å². The van der Waals surface area contributed by atoms with Crippen LogP contribution in [0.25, 0.3) is 5.70 Å². The Balaban J connectivity index is 1.85. The number of carbonyl (C=O) groups excluding carboxylic acids is 1. The van der Waals surface area contributed by atoms with E-state index >= 15 is 0 Å². The predicted molar refractivity (Wildman–Crippen MR) is 115 cm³/mol. The molecular weight excluding hydrogens is 444 g/mol. The van der Waals surface area contributed by atoms with Crippen LogP contribution in [-0.2, 0) is 4.79 Å². The molecule has 1 aromatic carbocycles. The zero-order valence-electron chi connectivity index (χ0n) is 15.0. The Kier molecular flexibility index (Phi) is 5.39. The molecule has 1 atom stereocenters. The summed E-state index contributed by atoms with van der Waals surface area (Å²) in [6.07, 6.45) is 1.88. The fourth-order valence-electron chi connectivity index (χ4n) is 3.01. The van der Waals surface area contributed by atoms with Crippen LogP contribution in [0.2, 0.25) is 0 Å². The summed E-state index contributed by atoms with van der Waals surface area (Å²) in [6, 6.07) is 9.98. The Labute approximate surface area is 174 Å². The largest absolute Gasteiger partial charge is 0.298 e. The van der Waals surface area contributed by atoms with E-state index in [0.29, 0.717) is 10.9 Å². The summed E-state index contributed by atoms with van der Waals surface area (Å²) >= 11 is 6.77. The highest BCUT2D eigenvalue weighted by Crippen LogP contribution is 2.34. The molecule has 0 radical (unpaired) electrons. The molecule has 4 rings (SSSR count). The number of fused-ring (bicyclic) bond motifs is 2. The summed E-state index contributed by atoms with van der Waals surface area (Å²) in [7, 11) is 0. The van der Waals surface area contributed by atoms with Crippen LogP contribution in [0, 0.1) is 6.92 Å². The first-order valence-corrected chi connectivity index (χ1v) is 11.4. The van der Waals surface area contributed by atoms with Crippen LogP contribution < -0.4 is 15.9 Å². The van der Waals surface area contributed by atoms with E-state index in [1.807, 2.05) is 18.2 Å². The normalized spacial score (nSPS) is 18.4. The molecule has 0 saturated carbocycles. The van der Waals surface area contributed by atoms with Gasteiger partial charge in [-0.05, 0) is 43.7 Å². The lowest BCUT2D eigenvalue weighted by Crippen LogP contribution is -2.50. The summed E-state index contributed by atoms with van der Waals surface area (Å²) in [5, 5.41) is 11.8. The van der Waals surface area contributed by atoms with Crippen molar-refractivity contribution in [3.8, 4) is 0 Å². The first-order valence-electron chi connectivity index (χ1n) is 8.83. The monoisotopic (exact) mass is 462 g/mol. The van der Waals surface area contributed by atoms with Crippen LogP contribution in [0.1, 0.15) is 35.7 Å². The second-order valence-electron chi connectivity index (χ2n) is 6.37. The van der Waals surface area contributed by atoms with Gasteiger partial charge in [-0.2, -0.15) is 0 Å². The molecule has 8 heteroatoms. The standard InChI is InChI=1S/C19H19BrN4OS2/c1-3-4-9-26-19-22-18(25)16-13-10-12(20)6-7-14(13)21-17(24(16)23-19)15-8-5-11(2)27-15/h5-8,10,17H,3-4,9H2,1-2H3,(H,22,23,25)/t17-/m1/s1. The molecule has 0 fully saturated rings.